The molecule has 0 bridgehead atoms. The summed E-state index contributed by atoms with van der Waals surface area (Å²) < 4.78 is 10.2. The van der Waals surface area contributed by atoms with Crippen molar-refractivity contribution in [1.82, 2.24) is 0 Å². The highest BCUT2D eigenvalue weighted by Crippen LogP contribution is 2.50. The molecular formula is C10H18O4Si. The van der Waals surface area contributed by atoms with Crippen LogP contribution in [0.25, 0.3) is 0 Å². The van der Waals surface area contributed by atoms with E-state index in [-0.39, 0.29) is 6.42 Å². The molecule has 1 rings (SSSR count). The molecule has 0 saturated carbocycles. The number of ether oxygens (including phenoxy) is 2. The van der Waals surface area contributed by atoms with Crippen molar-refractivity contribution in [3.05, 3.63) is 0 Å². The second kappa shape index (κ2) is 4.06. The maximum atomic E-state index is 11.7. The normalized spacial score (nSPS) is 27.1. The third kappa shape index (κ3) is 1.63. The predicted molar refractivity (Wildman–Crippen MR) is 58.7 cm³/mol. The number of carbonyl (C=O) groups excluding carboxylic acids is 2. The quantitative estimate of drug-likeness (QED) is 0.393. The number of esters is 2. The van der Waals surface area contributed by atoms with Gasteiger partial charge >= 0.3 is 11.9 Å². The molecule has 0 radical (unpaired) electrons. The Morgan fingerprint density at radius 3 is 2.27 bits per heavy atom. The Hall–Kier alpha value is -0.683. The van der Waals surface area contributed by atoms with Crippen LogP contribution in [0.15, 0.2) is 0 Å². The maximum absolute atomic E-state index is 11.7. The van der Waals surface area contributed by atoms with E-state index in [0.29, 0.717) is 23.1 Å². The monoisotopic (exact) mass is 230 g/mol. The SMILES string of the molecule is CCC(CC)(OC)C1([SiH3])CC(=O)OC1=O. The summed E-state index contributed by atoms with van der Waals surface area (Å²) in [5.41, 5.74) is -0.539. The number of cyclic esters (lactones) is 2. The molecule has 0 aromatic heterocycles. The van der Waals surface area contributed by atoms with E-state index in [4.69, 9.17) is 4.74 Å². The standard InChI is InChI=1S/C10H18O4Si/c1-4-9(5-2,13-3)10(15)6-7(11)14-8(10)12/h4-6H2,1-3,15H3. The summed E-state index contributed by atoms with van der Waals surface area (Å²) >= 11 is 0. The molecule has 86 valence electrons. The van der Waals surface area contributed by atoms with Crippen molar-refractivity contribution in [2.45, 2.75) is 43.7 Å². The van der Waals surface area contributed by atoms with Gasteiger partial charge in [0.15, 0.2) is 0 Å². The third-order valence-corrected chi connectivity index (χ3v) is 5.37. The second-order valence-electron chi connectivity index (χ2n) is 4.18. The van der Waals surface area contributed by atoms with Crippen LogP contribution in [0.1, 0.15) is 33.1 Å². The van der Waals surface area contributed by atoms with Crippen molar-refractivity contribution in [3.63, 3.8) is 0 Å². The number of hydrogen-bond donors (Lipinski definition) is 0. The summed E-state index contributed by atoms with van der Waals surface area (Å²) in [7, 11) is 2.17. The van der Waals surface area contributed by atoms with E-state index in [1.807, 2.05) is 13.8 Å². The first-order valence-electron chi connectivity index (χ1n) is 5.26. The van der Waals surface area contributed by atoms with E-state index in [9.17, 15) is 9.59 Å². The van der Waals surface area contributed by atoms with Gasteiger partial charge in [-0.25, -0.2) is 0 Å². The van der Waals surface area contributed by atoms with Gasteiger partial charge in [-0.15, -0.1) is 0 Å². The number of hydrogen-bond acceptors (Lipinski definition) is 4. The first-order chi connectivity index (χ1) is 6.95. The molecule has 0 aromatic carbocycles. The van der Waals surface area contributed by atoms with E-state index in [1.54, 1.807) is 7.11 Å². The molecule has 1 heterocycles. The molecule has 1 aliphatic rings. The molecule has 1 unspecified atom stereocenters. The number of carbonyl (C=O) groups is 2. The fourth-order valence-corrected chi connectivity index (χ4v) is 3.81. The zero-order valence-corrected chi connectivity index (χ0v) is 11.8. The summed E-state index contributed by atoms with van der Waals surface area (Å²) in [6.07, 6.45) is 1.60. The molecule has 0 amide bonds. The van der Waals surface area contributed by atoms with E-state index in [0.717, 1.165) is 0 Å². The Labute approximate surface area is 92.7 Å². The smallest absolute Gasteiger partial charge is 0.319 e. The van der Waals surface area contributed by atoms with Gasteiger partial charge < -0.3 is 9.47 Å². The first kappa shape index (κ1) is 12.4. The van der Waals surface area contributed by atoms with Gasteiger partial charge in [0, 0.05) is 17.4 Å². The lowest BCUT2D eigenvalue weighted by molar-refractivity contribution is -0.156. The van der Waals surface area contributed by atoms with Gasteiger partial charge in [0.05, 0.1) is 17.1 Å². The van der Waals surface area contributed by atoms with Gasteiger partial charge in [-0.1, -0.05) is 13.8 Å². The van der Waals surface area contributed by atoms with Crippen LogP contribution in [-0.4, -0.2) is 34.9 Å². The molecule has 1 aliphatic heterocycles. The molecule has 4 nitrogen and oxygen atoms in total. The van der Waals surface area contributed by atoms with Crippen LogP contribution in [0.5, 0.6) is 0 Å². The van der Waals surface area contributed by atoms with Gasteiger partial charge in [-0.2, -0.15) is 0 Å². The third-order valence-electron chi connectivity index (χ3n) is 3.69. The second-order valence-corrected chi connectivity index (χ2v) is 5.88. The largest absolute Gasteiger partial charge is 0.393 e. The minimum atomic E-state index is -0.706. The van der Waals surface area contributed by atoms with E-state index in [1.165, 1.54) is 0 Å². The van der Waals surface area contributed by atoms with Crippen molar-refractivity contribution in [3.8, 4) is 0 Å². The van der Waals surface area contributed by atoms with Gasteiger partial charge in [0.2, 0.25) is 0 Å². The van der Waals surface area contributed by atoms with Crippen molar-refractivity contribution in [2.75, 3.05) is 7.11 Å². The van der Waals surface area contributed by atoms with Gasteiger partial charge in [0.1, 0.15) is 0 Å². The van der Waals surface area contributed by atoms with Crippen LogP contribution in [0.3, 0.4) is 0 Å². The van der Waals surface area contributed by atoms with Gasteiger partial charge in [-0.05, 0) is 12.8 Å². The Morgan fingerprint density at radius 1 is 1.47 bits per heavy atom. The molecule has 0 aliphatic carbocycles. The highest BCUT2D eigenvalue weighted by Gasteiger charge is 2.58. The average molecular weight is 230 g/mol. The highest BCUT2D eigenvalue weighted by molar-refractivity contribution is 6.32. The minimum absolute atomic E-state index is 0.174. The Morgan fingerprint density at radius 2 is 2.00 bits per heavy atom. The molecule has 0 spiro atoms. The molecule has 5 heteroatoms. The van der Waals surface area contributed by atoms with Crippen LogP contribution in [0, 0.1) is 0 Å². The molecule has 1 atom stereocenters. The average Bonchev–Trinajstić information content (AvgIpc) is 2.45. The zero-order chi connectivity index (χ0) is 11.7. The molecule has 15 heavy (non-hydrogen) atoms. The lowest BCUT2D eigenvalue weighted by Crippen LogP contribution is -2.47. The fraction of sp³-hybridized carbons (Fsp3) is 0.800. The van der Waals surface area contributed by atoms with Crippen LogP contribution in [-0.2, 0) is 19.1 Å². The van der Waals surface area contributed by atoms with Crippen molar-refractivity contribution >= 4 is 22.2 Å². The van der Waals surface area contributed by atoms with Crippen LogP contribution in [0.2, 0.25) is 5.04 Å². The summed E-state index contributed by atoms with van der Waals surface area (Å²) in [4.78, 5) is 22.9. The van der Waals surface area contributed by atoms with Crippen molar-refractivity contribution in [1.29, 1.82) is 0 Å². The van der Waals surface area contributed by atoms with Gasteiger partial charge in [-0.3, -0.25) is 9.59 Å². The Balaban J connectivity index is 3.11. The van der Waals surface area contributed by atoms with Crippen molar-refractivity contribution in [2.24, 2.45) is 0 Å². The first-order valence-corrected chi connectivity index (χ1v) is 6.26. The molecule has 0 aromatic rings. The molecule has 1 saturated heterocycles. The Bertz CT molecular complexity index is 277. The topological polar surface area (TPSA) is 52.6 Å². The van der Waals surface area contributed by atoms with Gasteiger partial charge in [0.25, 0.3) is 0 Å². The number of rotatable bonds is 4. The summed E-state index contributed by atoms with van der Waals surface area (Å²) in [6.45, 7) is 3.95. The highest BCUT2D eigenvalue weighted by atomic mass is 28.1. The zero-order valence-electron chi connectivity index (χ0n) is 9.75. The summed E-state index contributed by atoms with van der Waals surface area (Å²) in [5.74, 6) is -0.817. The predicted octanol–water partition coefficient (Wildman–Crippen LogP) is 0.189. The van der Waals surface area contributed by atoms with Crippen LogP contribution in [0.4, 0.5) is 0 Å². The molecule has 0 N–H and O–H groups in total. The van der Waals surface area contributed by atoms with Crippen LogP contribution >= 0.6 is 0 Å². The minimum Gasteiger partial charge on any atom is -0.393 e. The van der Waals surface area contributed by atoms with E-state index in [2.05, 4.69) is 4.74 Å². The molecular weight excluding hydrogens is 212 g/mol. The number of methoxy groups -OCH3 is 1. The summed E-state index contributed by atoms with van der Waals surface area (Å²) in [6, 6.07) is 0. The van der Waals surface area contributed by atoms with Crippen molar-refractivity contribution < 1.29 is 19.1 Å². The fourth-order valence-electron chi connectivity index (χ4n) is 2.50. The molecule has 1 fully saturated rings. The van der Waals surface area contributed by atoms with E-state index < -0.39 is 22.6 Å². The van der Waals surface area contributed by atoms with E-state index >= 15 is 0 Å². The lowest BCUT2D eigenvalue weighted by Gasteiger charge is -2.41. The maximum Gasteiger partial charge on any atom is 0.319 e. The lowest BCUT2D eigenvalue weighted by atomic mass is 9.80. The summed E-state index contributed by atoms with van der Waals surface area (Å²) in [5, 5.41) is -0.706. The Kier molecular flexibility index (Phi) is 3.35. The van der Waals surface area contributed by atoms with Crippen LogP contribution < -0.4 is 0 Å².